The fourth-order valence-corrected chi connectivity index (χ4v) is 5.34. The van der Waals surface area contributed by atoms with Gasteiger partial charge in [0, 0.05) is 44.4 Å². The van der Waals surface area contributed by atoms with Crippen LogP contribution in [0.25, 0.3) is 0 Å². The molecule has 0 N–H and O–H groups in total. The number of hydrogen-bond acceptors (Lipinski definition) is 4. The quantitative estimate of drug-likeness (QED) is 0.683. The van der Waals surface area contributed by atoms with E-state index in [1.54, 1.807) is 11.8 Å². The summed E-state index contributed by atoms with van der Waals surface area (Å²) in [6.45, 7) is 6.45. The van der Waals surface area contributed by atoms with Crippen LogP contribution in [0.15, 0.2) is 35.5 Å². The summed E-state index contributed by atoms with van der Waals surface area (Å²) in [5.41, 5.74) is 1.29. The lowest BCUT2D eigenvalue weighted by molar-refractivity contribution is 0.129. The van der Waals surface area contributed by atoms with Crippen molar-refractivity contribution >= 4 is 17.8 Å². The molecule has 2 aliphatic heterocycles. The van der Waals surface area contributed by atoms with Crippen LogP contribution in [0, 0.1) is 0 Å². The predicted molar refractivity (Wildman–Crippen MR) is 116 cm³/mol. The van der Waals surface area contributed by atoms with Gasteiger partial charge < -0.3 is 14.4 Å². The molecule has 156 valence electrons. The molecule has 6 nitrogen and oxygen atoms in total. The molecule has 0 bridgehead atoms. The van der Waals surface area contributed by atoms with Gasteiger partial charge in [0.25, 0.3) is 0 Å². The fraction of sp³-hybridized carbons (Fsp3) is 0.591. The van der Waals surface area contributed by atoms with Crippen molar-refractivity contribution < 1.29 is 4.79 Å². The summed E-state index contributed by atoms with van der Waals surface area (Å²) in [5, 5.41) is 10.0. The molecule has 0 spiro atoms. The van der Waals surface area contributed by atoms with Gasteiger partial charge in [0.2, 0.25) is 0 Å². The van der Waals surface area contributed by atoms with E-state index < -0.39 is 0 Å². The predicted octanol–water partition coefficient (Wildman–Crippen LogP) is 4.38. The SMILES string of the molecule is CCn1c(SCc2ccccc2)nnc1C1CCCN(C(=O)N2CCCCC2)C1. The van der Waals surface area contributed by atoms with E-state index in [4.69, 9.17) is 0 Å². The Bertz CT molecular complexity index is 803. The lowest BCUT2D eigenvalue weighted by Gasteiger charge is -2.37. The van der Waals surface area contributed by atoms with Crippen molar-refractivity contribution in [3.63, 3.8) is 0 Å². The Balaban J connectivity index is 1.43. The number of carbonyl (C=O) groups is 1. The monoisotopic (exact) mass is 413 g/mol. The fourth-order valence-electron chi connectivity index (χ4n) is 4.37. The number of aromatic nitrogens is 3. The molecule has 1 atom stereocenters. The minimum atomic E-state index is 0.218. The third-order valence-corrected chi connectivity index (χ3v) is 6.99. The van der Waals surface area contributed by atoms with Gasteiger partial charge in [-0.1, -0.05) is 42.1 Å². The molecule has 2 aromatic rings. The first-order valence-electron chi connectivity index (χ1n) is 10.9. The summed E-state index contributed by atoms with van der Waals surface area (Å²) >= 11 is 1.74. The molecular formula is C22H31N5OS. The number of hydrogen-bond donors (Lipinski definition) is 0. The molecule has 29 heavy (non-hydrogen) atoms. The number of carbonyl (C=O) groups excluding carboxylic acids is 1. The van der Waals surface area contributed by atoms with Gasteiger partial charge in [-0.15, -0.1) is 10.2 Å². The number of likely N-dealkylation sites (tertiary alicyclic amines) is 2. The lowest BCUT2D eigenvalue weighted by atomic mass is 9.97. The van der Waals surface area contributed by atoms with Gasteiger partial charge in [0.1, 0.15) is 5.82 Å². The summed E-state index contributed by atoms with van der Waals surface area (Å²) in [6.07, 6.45) is 5.62. The maximum Gasteiger partial charge on any atom is 0.320 e. The lowest BCUT2D eigenvalue weighted by Crippen LogP contribution is -2.48. The molecule has 0 saturated carbocycles. The summed E-state index contributed by atoms with van der Waals surface area (Å²) in [4.78, 5) is 17.0. The third kappa shape index (κ3) is 4.77. The first-order valence-corrected chi connectivity index (χ1v) is 11.9. The van der Waals surface area contributed by atoms with Gasteiger partial charge in [0.15, 0.2) is 5.16 Å². The molecule has 1 aromatic heterocycles. The number of benzene rings is 1. The minimum Gasteiger partial charge on any atom is -0.325 e. The van der Waals surface area contributed by atoms with Gasteiger partial charge >= 0.3 is 6.03 Å². The van der Waals surface area contributed by atoms with Crippen molar-refractivity contribution in [2.75, 3.05) is 26.2 Å². The van der Waals surface area contributed by atoms with E-state index in [-0.39, 0.29) is 11.9 Å². The van der Waals surface area contributed by atoms with Crippen LogP contribution < -0.4 is 0 Å². The highest BCUT2D eigenvalue weighted by Gasteiger charge is 2.31. The smallest absolute Gasteiger partial charge is 0.320 e. The Labute approximate surface area is 177 Å². The second kappa shape index (κ2) is 9.65. The largest absolute Gasteiger partial charge is 0.325 e. The minimum absolute atomic E-state index is 0.218. The van der Waals surface area contributed by atoms with Crippen molar-refractivity contribution in [2.24, 2.45) is 0 Å². The zero-order valence-electron chi connectivity index (χ0n) is 17.3. The number of urea groups is 1. The van der Waals surface area contributed by atoms with Crippen LogP contribution in [0.3, 0.4) is 0 Å². The standard InChI is InChI=1S/C22H31N5OS/c1-2-27-20(23-24-21(27)29-17-18-10-5-3-6-11-18)19-12-9-15-26(16-19)22(28)25-13-7-4-8-14-25/h3,5-6,10-11,19H,2,4,7-9,12-17H2,1H3. The van der Waals surface area contributed by atoms with Crippen LogP contribution in [-0.4, -0.2) is 56.8 Å². The van der Waals surface area contributed by atoms with Crippen molar-refractivity contribution in [1.29, 1.82) is 0 Å². The van der Waals surface area contributed by atoms with E-state index in [1.807, 2.05) is 15.9 Å². The second-order valence-electron chi connectivity index (χ2n) is 7.97. The van der Waals surface area contributed by atoms with Crippen LogP contribution in [-0.2, 0) is 12.3 Å². The molecule has 2 aliphatic rings. The highest BCUT2D eigenvalue weighted by atomic mass is 32.2. The van der Waals surface area contributed by atoms with Crippen molar-refractivity contribution in [3.05, 3.63) is 41.7 Å². The Morgan fingerprint density at radius 2 is 1.79 bits per heavy atom. The number of rotatable bonds is 5. The van der Waals surface area contributed by atoms with E-state index >= 15 is 0 Å². The molecular weight excluding hydrogens is 382 g/mol. The topological polar surface area (TPSA) is 54.3 Å². The van der Waals surface area contributed by atoms with Gasteiger partial charge in [-0.3, -0.25) is 0 Å². The van der Waals surface area contributed by atoms with E-state index in [9.17, 15) is 4.79 Å². The summed E-state index contributed by atoms with van der Waals surface area (Å²) in [5.74, 6) is 2.21. The van der Waals surface area contributed by atoms with Crippen LogP contribution in [0.2, 0.25) is 0 Å². The Morgan fingerprint density at radius 3 is 2.55 bits per heavy atom. The van der Waals surface area contributed by atoms with Gasteiger partial charge in [-0.2, -0.15) is 0 Å². The summed E-state index contributed by atoms with van der Waals surface area (Å²) in [7, 11) is 0. The maximum atomic E-state index is 13.0. The van der Waals surface area contributed by atoms with Gasteiger partial charge in [-0.05, 0) is 44.6 Å². The van der Waals surface area contributed by atoms with Crippen LogP contribution in [0.1, 0.15) is 56.3 Å². The first kappa shape index (κ1) is 20.3. The van der Waals surface area contributed by atoms with E-state index in [2.05, 4.69) is 46.0 Å². The molecule has 0 radical (unpaired) electrons. The Hall–Kier alpha value is -2.02. The van der Waals surface area contributed by atoms with E-state index in [0.717, 1.165) is 75.1 Å². The highest BCUT2D eigenvalue weighted by Crippen LogP contribution is 2.30. The molecule has 4 rings (SSSR count). The van der Waals surface area contributed by atoms with Crippen LogP contribution in [0.5, 0.6) is 0 Å². The first-order chi connectivity index (χ1) is 14.3. The zero-order chi connectivity index (χ0) is 20.1. The molecule has 3 heterocycles. The summed E-state index contributed by atoms with van der Waals surface area (Å²) in [6, 6.07) is 10.7. The van der Waals surface area contributed by atoms with Crippen molar-refractivity contribution in [2.45, 2.75) is 62.4 Å². The molecule has 7 heteroatoms. The van der Waals surface area contributed by atoms with Gasteiger partial charge in [0.05, 0.1) is 0 Å². The maximum absolute atomic E-state index is 13.0. The normalized spacial score (nSPS) is 20.1. The Morgan fingerprint density at radius 1 is 1.03 bits per heavy atom. The van der Waals surface area contributed by atoms with Crippen molar-refractivity contribution in [3.8, 4) is 0 Å². The van der Waals surface area contributed by atoms with Crippen LogP contribution >= 0.6 is 11.8 Å². The number of amides is 2. The molecule has 0 aliphatic carbocycles. The number of piperidine rings is 2. The summed E-state index contributed by atoms with van der Waals surface area (Å²) < 4.78 is 2.24. The number of nitrogens with zero attached hydrogens (tertiary/aromatic N) is 5. The molecule has 1 aromatic carbocycles. The number of thioether (sulfide) groups is 1. The molecule has 1 unspecified atom stereocenters. The van der Waals surface area contributed by atoms with Crippen molar-refractivity contribution in [1.82, 2.24) is 24.6 Å². The van der Waals surface area contributed by atoms with Gasteiger partial charge in [-0.25, -0.2) is 4.79 Å². The third-order valence-electron chi connectivity index (χ3n) is 5.96. The zero-order valence-corrected chi connectivity index (χ0v) is 18.1. The second-order valence-corrected chi connectivity index (χ2v) is 8.92. The average Bonchev–Trinajstić information content (AvgIpc) is 3.21. The van der Waals surface area contributed by atoms with E-state index in [1.165, 1.54) is 12.0 Å². The molecule has 2 amide bonds. The molecule has 2 fully saturated rings. The highest BCUT2D eigenvalue weighted by molar-refractivity contribution is 7.98. The van der Waals surface area contributed by atoms with E-state index in [0.29, 0.717) is 0 Å². The Kier molecular flexibility index (Phi) is 6.74. The molecule has 2 saturated heterocycles. The average molecular weight is 414 g/mol. The van der Waals surface area contributed by atoms with Crippen LogP contribution in [0.4, 0.5) is 4.79 Å².